The summed E-state index contributed by atoms with van der Waals surface area (Å²) in [7, 11) is 0. The van der Waals surface area contributed by atoms with E-state index in [2.05, 4.69) is 18.9 Å². The molecule has 1 fully saturated rings. The van der Waals surface area contributed by atoms with Crippen molar-refractivity contribution in [2.75, 3.05) is 13.1 Å². The minimum Gasteiger partial charge on any atom is -0.338 e. The summed E-state index contributed by atoms with van der Waals surface area (Å²) in [5.74, 6) is 0.0400. The van der Waals surface area contributed by atoms with Crippen LogP contribution < -0.4 is 0 Å². The van der Waals surface area contributed by atoms with E-state index in [1.807, 2.05) is 18.2 Å². The minimum atomic E-state index is -0.941. The molecule has 0 saturated carbocycles. The summed E-state index contributed by atoms with van der Waals surface area (Å²) < 4.78 is 14.9. The Bertz CT molecular complexity index is 797. The summed E-state index contributed by atoms with van der Waals surface area (Å²) >= 11 is 0. The van der Waals surface area contributed by atoms with Gasteiger partial charge in [-0.15, -0.1) is 0 Å². The minimum absolute atomic E-state index is 0.0258. The maximum Gasteiger partial charge on any atom is 0.244 e. The smallest absolute Gasteiger partial charge is 0.244 e. The molecular formula is C18H22FN3O2. The SMILES string of the molecule is CC(=O)c1nn(CC(=O)N2CCC(F)C2)c2cc(C(C)C)ccc12. The molecule has 2 aromatic rings. The van der Waals surface area contributed by atoms with Crippen molar-refractivity contribution in [1.29, 1.82) is 0 Å². The normalized spacial score (nSPS) is 17.9. The van der Waals surface area contributed by atoms with Crippen molar-refractivity contribution < 1.29 is 14.0 Å². The van der Waals surface area contributed by atoms with E-state index >= 15 is 0 Å². The molecule has 0 N–H and O–H groups in total. The van der Waals surface area contributed by atoms with Crippen LogP contribution in [0, 0.1) is 0 Å². The number of halogens is 1. The van der Waals surface area contributed by atoms with Gasteiger partial charge >= 0.3 is 0 Å². The van der Waals surface area contributed by atoms with Crippen LogP contribution >= 0.6 is 0 Å². The lowest BCUT2D eigenvalue weighted by Crippen LogP contribution is -2.32. The topological polar surface area (TPSA) is 55.2 Å². The highest BCUT2D eigenvalue weighted by Gasteiger charge is 2.27. The molecule has 1 saturated heterocycles. The largest absolute Gasteiger partial charge is 0.338 e. The van der Waals surface area contributed by atoms with Gasteiger partial charge in [-0.2, -0.15) is 5.10 Å². The van der Waals surface area contributed by atoms with Gasteiger partial charge in [-0.3, -0.25) is 14.3 Å². The molecule has 1 aromatic carbocycles. The number of hydrogen-bond donors (Lipinski definition) is 0. The van der Waals surface area contributed by atoms with Gasteiger partial charge in [-0.05, 0) is 24.0 Å². The number of hydrogen-bond acceptors (Lipinski definition) is 3. The fourth-order valence-corrected chi connectivity index (χ4v) is 3.10. The molecule has 0 bridgehead atoms. The van der Waals surface area contributed by atoms with Gasteiger partial charge in [-0.1, -0.05) is 26.0 Å². The number of carbonyl (C=O) groups is 2. The Morgan fingerprint density at radius 1 is 1.38 bits per heavy atom. The summed E-state index contributed by atoms with van der Waals surface area (Å²) in [4.78, 5) is 25.8. The quantitative estimate of drug-likeness (QED) is 0.810. The molecule has 0 spiro atoms. The van der Waals surface area contributed by atoms with Crippen LogP contribution in [0.5, 0.6) is 0 Å². The maximum atomic E-state index is 13.3. The molecule has 1 unspecified atom stereocenters. The van der Waals surface area contributed by atoms with Gasteiger partial charge in [0.15, 0.2) is 5.78 Å². The first-order valence-electron chi connectivity index (χ1n) is 8.30. The second-order valence-electron chi connectivity index (χ2n) is 6.72. The number of fused-ring (bicyclic) bond motifs is 1. The van der Waals surface area contributed by atoms with Crippen LogP contribution in [0.4, 0.5) is 4.39 Å². The molecule has 128 valence electrons. The fourth-order valence-electron chi connectivity index (χ4n) is 3.10. The number of benzene rings is 1. The summed E-state index contributed by atoms with van der Waals surface area (Å²) in [6, 6.07) is 5.86. The van der Waals surface area contributed by atoms with E-state index in [1.54, 1.807) is 4.68 Å². The van der Waals surface area contributed by atoms with Crippen LogP contribution in [0.15, 0.2) is 18.2 Å². The zero-order chi connectivity index (χ0) is 17.4. The van der Waals surface area contributed by atoms with Crippen molar-refractivity contribution >= 4 is 22.6 Å². The molecule has 0 radical (unpaired) electrons. The third kappa shape index (κ3) is 3.05. The van der Waals surface area contributed by atoms with Crippen molar-refractivity contribution in [3.8, 4) is 0 Å². The van der Waals surface area contributed by atoms with Crippen LogP contribution in [0.1, 0.15) is 49.2 Å². The van der Waals surface area contributed by atoms with Crippen LogP contribution in [-0.4, -0.2) is 45.6 Å². The molecule has 1 amide bonds. The van der Waals surface area contributed by atoms with Crippen molar-refractivity contribution in [2.24, 2.45) is 0 Å². The van der Waals surface area contributed by atoms with E-state index in [0.29, 0.717) is 24.6 Å². The molecule has 24 heavy (non-hydrogen) atoms. The van der Waals surface area contributed by atoms with Crippen LogP contribution in [0.2, 0.25) is 0 Å². The first-order chi connectivity index (χ1) is 11.4. The van der Waals surface area contributed by atoms with Crippen molar-refractivity contribution in [2.45, 2.75) is 45.8 Å². The first kappa shape index (κ1) is 16.6. The molecule has 1 aliphatic rings. The van der Waals surface area contributed by atoms with Crippen molar-refractivity contribution in [1.82, 2.24) is 14.7 Å². The Hall–Kier alpha value is -2.24. The van der Waals surface area contributed by atoms with Gasteiger partial charge in [0.1, 0.15) is 18.4 Å². The van der Waals surface area contributed by atoms with Crippen molar-refractivity contribution in [3.63, 3.8) is 0 Å². The highest BCUT2D eigenvalue weighted by molar-refractivity contribution is 6.05. The van der Waals surface area contributed by atoms with Gasteiger partial charge in [0.05, 0.1) is 12.1 Å². The number of likely N-dealkylation sites (tertiary alicyclic amines) is 1. The molecule has 6 heteroatoms. The maximum absolute atomic E-state index is 13.3. The Kier molecular flexibility index (Phi) is 4.39. The Morgan fingerprint density at radius 3 is 2.71 bits per heavy atom. The van der Waals surface area contributed by atoms with Crippen LogP contribution in [-0.2, 0) is 11.3 Å². The second-order valence-corrected chi connectivity index (χ2v) is 6.72. The Morgan fingerprint density at radius 2 is 2.12 bits per heavy atom. The van der Waals surface area contributed by atoms with E-state index in [4.69, 9.17) is 0 Å². The van der Waals surface area contributed by atoms with E-state index in [0.717, 1.165) is 16.5 Å². The van der Waals surface area contributed by atoms with Gasteiger partial charge < -0.3 is 4.90 Å². The van der Waals surface area contributed by atoms with Gasteiger partial charge in [-0.25, -0.2) is 4.39 Å². The lowest BCUT2D eigenvalue weighted by Gasteiger charge is -2.15. The van der Waals surface area contributed by atoms with E-state index in [9.17, 15) is 14.0 Å². The number of nitrogens with zero attached hydrogens (tertiary/aromatic N) is 3. The standard InChI is InChI=1S/C18H22FN3O2/c1-11(2)13-4-5-15-16(8-13)22(20-18(15)12(3)23)10-17(24)21-7-6-14(19)9-21/h4-5,8,11,14H,6-7,9-10H2,1-3H3. The van der Waals surface area contributed by atoms with Crippen LogP contribution in [0.25, 0.3) is 10.9 Å². The molecule has 1 atom stereocenters. The third-order valence-electron chi connectivity index (χ3n) is 4.54. The predicted octanol–water partition coefficient (Wildman–Crippen LogP) is 2.93. The highest BCUT2D eigenvalue weighted by atomic mass is 19.1. The fraction of sp³-hybridized carbons (Fsp3) is 0.500. The number of amides is 1. The molecule has 1 aromatic heterocycles. The van der Waals surface area contributed by atoms with E-state index in [1.165, 1.54) is 11.8 Å². The third-order valence-corrected chi connectivity index (χ3v) is 4.54. The van der Waals surface area contributed by atoms with E-state index < -0.39 is 6.17 Å². The highest BCUT2D eigenvalue weighted by Crippen LogP contribution is 2.25. The average Bonchev–Trinajstić information content (AvgIpc) is 3.11. The second kappa shape index (κ2) is 6.34. The Balaban J connectivity index is 1.98. The number of ketones is 1. The number of aromatic nitrogens is 2. The molecule has 2 heterocycles. The lowest BCUT2D eigenvalue weighted by molar-refractivity contribution is -0.131. The molecule has 3 rings (SSSR count). The molecule has 5 nitrogen and oxygen atoms in total. The molecular weight excluding hydrogens is 309 g/mol. The number of rotatable bonds is 4. The lowest BCUT2D eigenvalue weighted by atomic mass is 10.0. The summed E-state index contributed by atoms with van der Waals surface area (Å²) in [6.45, 7) is 6.26. The molecule has 1 aliphatic heterocycles. The number of alkyl halides is 1. The van der Waals surface area contributed by atoms with Gasteiger partial charge in [0.25, 0.3) is 0 Å². The summed E-state index contributed by atoms with van der Waals surface area (Å²) in [5.41, 5.74) is 2.27. The summed E-state index contributed by atoms with van der Waals surface area (Å²) in [6.07, 6.45) is -0.550. The average molecular weight is 331 g/mol. The number of carbonyl (C=O) groups excluding carboxylic acids is 2. The first-order valence-corrected chi connectivity index (χ1v) is 8.30. The van der Waals surface area contributed by atoms with Gasteiger partial charge in [0.2, 0.25) is 5.91 Å². The number of Topliss-reactive ketones (excluding diaryl/α,β-unsaturated/α-hetero) is 1. The van der Waals surface area contributed by atoms with Gasteiger partial charge in [0, 0.05) is 18.9 Å². The zero-order valence-corrected chi connectivity index (χ0v) is 14.3. The zero-order valence-electron chi connectivity index (χ0n) is 14.3. The van der Waals surface area contributed by atoms with E-state index in [-0.39, 0.29) is 24.8 Å². The monoisotopic (exact) mass is 331 g/mol. The Labute approximate surface area is 140 Å². The molecule has 0 aliphatic carbocycles. The van der Waals surface area contributed by atoms with Crippen LogP contribution in [0.3, 0.4) is 0 Å². The van der Waals surface area contributed by atoms with Crippen molar-refractivity contribution in [3.05, 3.63) is 29.5 Å². The predicted molar refractivity (Wildman–Crippen MR) is 89.9 cm³/mol. The summed E-state index contributed by atoms with van der Waals surface area (Å²) in [5, 5.41) is 5.10.